The van der Waals surface area contributed by atoms with Crippen LogP contribution in [0.1, 0.15) is 38.9 Å². The quantitative estimate of drug-likeness (QED) is 0.638. The molecule has 2 rings (SSSR count). The minimum atomic E-state index is -0.491. The molecule has 1 aromatic carbocycles. The number of aryl methyl sites for hydroxylation is 1. The molecule has 0 saturated heterocycles. The third kappa shape index (κ3) is 3.37. The Morgan fingerprint density at radius 2 is 1.95 bits per heavy atom. The Kier molecular flexibility index (Phi) is 4.19. The molecule has 0 N–H and O–H groups in total. The van der Waals surface area contributed by atoms with E-state index in [1.54, 1.807) is 42.1 Å². The van der Waals surface area contributed by atoms with Gasteiger partial charge in [0.05, 0.1) is 11.6 Å². The van der Waals surface area contributed by atoms with Crippen LogP contribution >= 0.6 is 0 Å². The van der Waals surface area contributed by atoms with Gasteiger partial charge in [-0.1, -0.05) is 12.1 Å². The van der Waals surface area contributed by atoms with Gasteiger partial charge in [-0.15, -0.1) is 0 Å². The molecule has 21 heavy (non-hydrogen) atoms. The number of aromatic nitrogens is 1. The van der Waals surface area contributed by atoms with Gasteiger partial charge in [0.15, 0.2) is 5.78 Å². The van der Waals surface area contributed by atoms with E-state index in [-0.39, 0.29) is 12.4 Å². The van der Waals surface area contributed by atoms with Crippen LogP contribution in [-0.2, 0) is 18.4 Å². The number of ketones is 1. The van der Waals surface area contributed by atoms with E-state index in [0.29, 0.717) is 16.8 Å². The lowest BCUT2D eigenvalue weighted by molar-refractivity contribution is 0.0461. The molecule has 0 aliphatic carbocycles. The molecule has 1 heterocycles. The molecule has 0 radical (unpaired) electrons. The van der Waals surface area contributed by atoms with Gasteiger partial charge in [0.2, 0.25) is 0 Å². The van der Waals surface area contributed by atoms with Crippen LogP contribution in [-0.4, -0.2) is 16.3 Å². The summed E-state index contributed by atoms with van der Waals surface area (Å²) < 4.78 is 6.77. The summed E-state index contributed by atoms with van der Waals surface area (Å²) in [4.78, 5) is 23.3. The monoisotopic (exact) mass is 282 g/mol. The van der Waals surface area contributed by atoms with Crippen LogP contribution < -0.4 is 0 Å². The number of Topliss-reactive ketones (excluding diaryl/α,β-unsaturated/α-hetero) is 1. The van der Waals surface area contributed by atoms with Crippen molar-refractivity contribution in [1.82, 2.24) is 4.57 Å². The third-order valence-electron chi connectivity index (χ3n) is 3.07. The maximum Gasteiger partial charge on any atom is 0.355 e. The molecule has 0 atom stereocenters. The highest BCUT2D eigenvalue weighted by atomic mass is 16.5. The number of rotatable bonds is 4. The Hall–Kier alpha value is -2.87. The number of esters is 1. The van der Waals surface area contributed by atoms with Crippen LogP contribution in [0.25, 0.3) is 0 Å². The number of hydrogen-bond donors (Lipinski definition) is 0. The number of nitriles is 1. The Balaban J connectivity index is 2.04. The lowest BCUT2D eigenvalue weighted by Gasteiger charge is -2.05. The second-order valence-electron chi connectivity index (χ2n) is 4.67. The van der Waals surface area contributed by atoms with Crippen molar-refractivity contribution in [2.24, 2.45) is 7.05 Å². The maximum atomic E-state index is 12.0. The van der Waals surface area contributed by atoms with Crippen molar-refractivity contribution in [2.45, 2.75) is 13.5 Å². The largest absolute Gasteiger partial charge is 0.456 e. The lowest BCUT2D eigenvalue weighted by atomic mass is 10.2. The Morgan fingerprint density at radius 3 is 2.48 bits per heavy atom. The second kappa shape index (κ2) is 6.06. The zero-order valence-electron chi connectivity index (χ0n) is 11.8. The zero-order valence-corrected chi connectivity index (χ0v) is 11.8. The summed E-state index contributed by atoms with van der Waals surface area (Å²) in [5.41, 5.74) is 2.15. The molecule has 0 fully saturated rings. The minimum Gasteiger partial charge on any atom is -0.456 e. The minimum absolute atomic E-state index is 0.100. The summed E-state index contributed by atoms with van der Waals surface area (Å²) in [5.74, 6) is -0.592. The van der Waals surface area contributed by atoms with Gasteiger partial charge in [-0.25, -0.2) is 4.79 Å². The predicted octanol–water partition coefficient (Wildman–Crippen LogP) is 2.46. The molecule has 0 spiro atoms. The van der Waals surface area contributed by atoms with E-state index in [4.69, 9.17) is 10.00 Å². The van der Waals surface area contributed by atoms with Crippen molar-refractivity contribution in [3.63, 3.8) is 0 Å². The highest BCUT2D eigenvalue weighted by Crippen LogP contribution is 2.11. The summed E-state index contributed by atoms with van der Waals surface area (Å²) in [6.45, 7) is 1.56. The predicted molar refractivity (Wildman–Crippen MR) is 75.7 cm³/mol. The molecule has 0 unspecified atom stereocenters. The van der Waals surface area contributed by atoms with Gasteiger partial charge in [0, 0.05) is 18.8 Å². The highest BCUT2D eigenvalue weighted by Gasteiger charge is 2.15. The topological polar surface area (TPSA) is 72.1 Å². The maximum absolute atomic E-state index is 12.0. The van der Waals surface area contributed by atoms with Gasteiger partial charge in [0.1, 0.15) is 12.3 Å². The smallest absolute Gasteiger partial charge is 0.355 e. The number of carbonyl (C=O) groups excluding carboxylic acids is 2. The average molecular weight is 282 g/mol. The molecular formula is C16H14N2O3. The molecular weight excluding hydrogens is 268 g/mol. The van der Waals surface area contributed by atoms with E-state index >= 15 is 0 Å². The van der Waals surface area contributed by atoms with Gasteiger partial charge in [0.25, 0.3) is 0 Å². The van der Waals surface area contributed by atoms with E-state index < -0.39 is 5.97 Å². The normalized spacial score (nSPS) is 9.95. The summed E-state index contributed by atoms with van der Waals surface area (Å²) in [6.07, 6.45) is 1.60. The molecule has 1 aromatic heterocycles. The first kappa shape index (κ1) is 14.5. The standard InChI is InChI=1S/C16H14N2O3/c1-11(19)14-7-15(18(2)9-14)16(20)21-10-13-5-3-12(8-17)4-6-13/h3-7,9H,10H2,1-2H3. The first-order valence-electron chi connectivity index (χ1n) is 6.34. The van der Waals surface area contributed by atoms with Gasteiger partial charge >= 0.3 is 5.97 Å². The van der Waals surface area contributed by atoms with E-state index in [0.717, 1.165) is 5.56 Å². The van der Waals surface area contributed by atoms with Crippen molar-refractivity contribution >= 4 is 11.8 Å². The van der Waals surface area contributed by atoms with E-state index in [1.165, 1.54) is 13.0 Å². The van der Waals surface area contributed by atoms with Gasteiger partial charge in [-0.3, -0.25) is 4.79 Å². The van der Waals surface area contributed by atoms with Crippen molar-refractivity contribution in [3.05, 3.63) is 58.9 Å². The number of ether oxygens (including phenoxy) is 1. The fraction of sp³-hybridized carbons (Fsp3) is 0.188. The number of hydrogen-bond acceptors (Lipinski definition) is 4. The van der Waals surface area contributed by atoms with Crippen LogP contribution in [0.3, 0.4) is 0 Å². The molecule has 0 bridgehead atoms. The van der Waals surface area contributed by atoms with Gasteiger partial charge < -0.3 is 9.30 Å². The SMILES string of the molecule is CC(=O)c1cc(C(=O)OCc2ccc(C#N)cc2)n(C)c1. The fourth-order valence-corrected chi connectivity index (χ4v) is 1.86. The first-order chi connectivity index (χ1) is 10.0. The molecule has 5 heteroatoms. The molecule has 106 valence electrons. The average Bonchev–Trinajstić information content (AvgIpc) is 2.87. The molecule has 2 aromatic rings. The van der Waals surface area contributed by atoms with Crippen molar-refractivity contribution in [1.29, 1.82) is 5.26 Å². The lowest BCUT2D eigenvalue weighted by Crippen LogP contribution is -2.09. The van der Waals surface area contributed by atoms with Crippen LogP contribution in [0, 0.1) is 11.3 Å². The summed E-state index contributed by atoms with van der Waals surface area (Å²) in [7, 11) is 1.69. The number of benzene rings is 1. The van der Waals surface area contributed by atoms with Crippen LogP contribution in [0.4, 0.5) is 0 Å². The van der Waals surface area contributed by atoms with Gasteiger partial charge in [-0.05, 0) is 30.7 Å². The van der Waals surface area contributed by atoms with Crippen LogP contribution in [0.2, 0.25) is 0 Å². The third-order valence-corrected chi connectivity index (χ3v) is 3.07. The Morgan fingerprint density at radius 1 is 1.29 bits per heavy atom. The Bertz CT molecular complexity index is 721. The van der Waals surface area contributed by atoms with Crippen LogP contribution in [0.5, 0.6) is 0 Å². The van der Waals surface area contributed by atoms with E-state index in [9.17, 15) is 9.59 Å². The fourth-order valence-electron chi connectivity index (χ4n) is 1.86. The second-order valence-corrected chi connectivity index (χ2v) is 4.67. The van der Waals surface area contributed by atoms with Crippen molar-refractivity contribution < 1.29 is 14.3 Å². The first-order valence-corrected chi connectivity index (χ1v) is 6.34. The Labute approximate surface area is 122 Å². The highest BCUT2D eigenvalue weighted by molar-refractivity contribution is 5.97. The molecule has 0 aliphatic heterocycles. The molecule has 5 nitrogen and oxygen atoms in total. The number of carbonyl (C=O) groups is 2. The number of nitrogens with zero attached hydrogens (tertiary/aromatic N) is 2. The van der Waals surface area contributed by atoms with Crippen molar-refractivity contribution in [2.75, 3.05) is 0 Å². The summed E-state index contributed by atoms with van der Waals surface area (Å²) in [6, 6.07) is 10.3. The van der Waals surface area contributed by atoms with E-state index in [1.807, 2.05) is 6.07 Å². The van der Waals surface area contributed by atoms with Crippen molar-refractivity contribution in [3.8, 4) is 6.07 Å². The molecule has 0 amide bonds. The van der Waals surface area contributed by atoms with E-state index in [2.05, 4.69) is 0 Å². The van der Waals surface area contributed by atoms with Crippen LogP contribution in [0.15, 0.2) is 36.5 Å². The summed E-state index contributed by atoms with van der Waals surface area (Å²) >= 11 is 0. The molecule has 0 saturated carbocycles. The molecule has 0 aliphatic rings. The zero-order chi connectivity index (χ0) is 15.4. The summed E-state index contributed by atoms with van der Waals surface area (Å²) in [5, 5.41) is 8.71. The van der Waals surface area contributed by atoms with Gasteiger partial charge in [-0.2, -0.15) is 5.26 Å².